The highest BCUT2D eigenvalue weighted by Crippen LogP contribution is 2.33. The van der Waals surface area contributed by atoms with E-state index in [0.29, 0.717) is 15.2 Å². The fourth-order valence-electron chi connectivity index (χ4n) is 2.74. The van der Waals surface area contributed by atoms with Crippen molar-refractivity contribution in [1.29, 1.82) is 0 Å². The van der Waals surface area contributed by atoms with Gasteiger partial charge in [-0.3, -0.25) is 9.59 Å². The van der Waals surface area contributed by atoms with Crippen LogP contribution < -0.4 is 10.0 Å². The first kappa shape index (κ1) is 28.1. The fraction of sp³-hybridized carbons (Fsp3) is 0.200. The molecule has 0 aliphatic rings. The van der Waals surface area contributed by atoms with Crippen LogP contribution in [0, 0.1) is 0 Å². The zero-order chi connectivity index (χ0) is 27.0. The van der Waals surface area contributed by atoms with Gasteiger partial charge in [0.1, 0.15) is 5.69 Å². The lowest BCUT2D eigenvalue weighted by Crippen LogP contribution is -2.36. The molecule has 2 N–H and O–H groups in total. The van der Waals surface area contributed by atoms with Crippen molar-refractivity contribution < 1.29 is 31.2 Å². The van der Waals surface area contributed by atoms with Gasteiger partial charge in [-0.25, -0.2) is 22.8 Å². The Bertz CT molecular complexity index is 1460. The predicted octanol–water partition coefficient (Wildman–Crippen LogP) is 5.18. The van der Waals surface area contributed by atoms with Gasteiger partial charge in [0.05, 0.1) is 21.5 Å². The standard InChI is InChI=1S/C20H15Br2ClF3N5O4S/c1-9(2)36(34,35)30-18(32)11-6-10(21)7-12(22)16(11)28-19(33)14-8-15(20(24,25)26)29-31(14)17-13(23)4-3-5-27-17/h3-9H,1-2H3,(H,28,33)(H,30,32). The summed E-state index contributed by atoms with van der Waals surface area (Å²) < 4.78 is 67.6. The molecule has 0 atom stereocenters. The number of sulfonamides is 1. The monoisotopic (exact) mass is 671 g/mol. The molecule has 0 aliphatic carbocycles. The second kappa shape index (κ2) is 10.5. The molecule has 2 amide bonds. The molecule has 3 rings (SSSR count). The third-order valence-corrected chi connectivity index (χ3v) is 7.66. The van der Waals surface area contributed by atoms with Crippen molar-refractivity contribution in [1.82, 2.24) is 19.5 Å². The molecular weight excluding hydrogens is 659 g/mol. The van der Waals surface area contributed by atoms with E-state index in [4.69, 9.17) is 11.6 Å². The fourth-order valence-corrected chi connectivity index (χ4v) is 4.87. The van der Waals surface area contributed by atoms with Crippen molar-refractivity contribution in [2.75, 3.05) is 5.32 Å². The number of carbonyl (C=O) groups is 2. The molecule has 3 aromatic rings. The second-order valence-corrected chi connectivity index (χ2v) is 11.8. The van der Waals surface area contributed by atoms with E-state index in [1.807, 2.05) is 4.72 Å². The average Bonchev–Trinajstić information content (AvgIpc) is 3.21. The van der Waals surface area contributed by atoms with E-state index in [1.165, 1.54) is 44.3 Å². The summed E-state index contributed by atoms with van der Waals surface area (Å²) in [4.78, 5) is 29.9. The molecule has 2 heterocycles. The minimum atomic E-state index is -4.89. The SMILES string of the molecule is CC(C)S(=O)(=O)NC(=O)c1cc(Br)cc(Br)c1NC(=O)c1cc(C(F)(F)F)nn1-c1ncccc1Cl. The summed E-state index contributed by atoms with van der Waals surface area (Å²) >= 11 is 12.4. The van der Waals surface area contributed by atoms with E-state index in [-0.39, 0.29) is 26.6 Å². The van der Waals surface area contributed by atoms with Gasteiger partial charge in [-0.15, -0.1) is 0 Å². The summed E-state index contributed by atoms with van der Waals surface area (Å²) in [6, 6.07) is 5.96. The van der Waals surface area contributed by atoms with E-state index in [2.05, 4.69) is 47.3 Å². The summed E-state index contributed by atoms with van der Waals surface area (Å²) in [5.74, 6) is -2.42. The quantitative estimate of drug-likeness (QED) is 0.372. The molecule has 0 saturated heterocycles. The van der Waals surface area contributed by atoms with Gasteiger partial charge in [0.15, 0.2) is 11.5 Å². The van der Waals surface area contributed by atoms with Crippen molar-refractivity contribution in [2.45, 2.75) is 25.3 Å². The molecule has 16 heteroatoms. The number of nitrogens with one attached hydrogen (secondary N) is 2. The molecule has 0 bridgehead atoms. The summed E-state index contributed by atoms with van der Waals surface area (Å²) in [6.07, 6.45) is -3.64. The Hall–Kier alpha value is -2.49. The highest BCUT2D eigenvalue weighted by molar-refractivity contribution is 9.11. The first-order chi connectivity index (χ1) is 16.6. The number of amides is 2. The Balaban J connectivity index is 2.10. The smallest absolute Gasteiger partial charge is 0.319 e. The van der Waals surface area contributed by atoms with Crippen LogP contribution in [0.1, 0.15) is 40.4 Å². The number of nitrogens with zero attached hydrogens (tertiary/aromatic N) is 3. The lowest BCUT2D eigenvalue weighted by molar-refractivity contribution is -0.141. The Morgan fingerprint density at radius 1 is 1.14 bits per heavy atom. The number of pyridine rings is 1. The second-order valence-electron chi connectivity index (χ2n) is 7.42. The topological polar surface area (TPSA) is 123 Å². The van der Waals surface area contributed by atoms with Crippen LogP contribution in [0.3, 0.4) is 0 Å². The number of benzene rings is 1. The van der Waals surface area contributed by atoms with Crippen LogP contribution in [0.4, 0.5) is 18.9 Å². The minimum absolute atomic E-state index is 0.0767. The van der Waals surface area contributed by atoms with E-state index < -0.39 is 44.7 Å². The molecule has 0 spiro atoms. The summed E-state index contributed by atoms with van der Waals surface area (Å²) in [5.41, 5.74) is -2.47. The molecule has 0 saturated carbocycles. The number of carbonyl (C=O) groups excluding carboxylic acids is 2. The Labute approximate surface area is 224 Å². The van der Waals surface area contributed by atoms with E-state index >= 15 is 0 Å². The van der Waals surface area contributed by atoms with Gasteiger partial charge in [-0.2, -0.15) is 18.3 Å². The van der Waals surface area contributed by atoms with Crippen LogP contribution in [0.15, 0.2) is 45.5 Å². The third-order valence-electron chi connectivity index (χ3n) is 4.57. The van der Waals surface area contributed by atoms with Crippen LogP contribution in [-0.2, 0) is 16.2 Å². The maximum absolute atomic E-state index is 13.4. The Kier molecular flexibility index (Phi) is 8.17. The van der Waals surface area contributed by atoms with Crippen molar-refractivity contribution in [3.63, 3.8) is 0 Å². The van der Waals surface area contributed by atoms with Crippen LogP contribution in [0.25, 0.3) is 5.82 Å². The van der Waals surface area contributed by atoms with Gasteiger partial charge < -0.3 is 5.32 Å². The van der Waals surface area contributed by atoms with Crippen LogP contribution in [0.5, 0.6) is 0 Å². The molecule has 0 fully saturated rings. The molecular formula is C20H15Br2ClF3N5O4S. The highest BCUT2D eigenvalue weighted by atomic mass is 79.9. The Morgan fingerprint density at radius 2 is 1.81 bits per heavy atom. The lowest BCUT2D eigenvalue weighted by Gasteiger charge is -2.15. The van der Waals surface area contributed by atoms with E-state index in [0.717, 1.165) is 0 Å². The van der Waals surface area contributed by atoms with Gasteiger partial charge in [-0.05, 0) is 54.0 Å². The molecule has 2 aromatic heterocycles. The third kappa shape index (κ3) is 6.07. The van der Waals surface area contributed by atoms with E-state index in [9.17, 15) is 31.2 Å². The summed E-state index contributed by atoms with van der Waals surface area (Å²) in [7, 11) is -4.03. The number of halogens is 6. The van der Waals surface area contributed by atoms with Crippen molar-refractivity contribution in [3.8, 4) is 5.82 Å². The van der Waals surface area contributed by atoms with Gasteiger partial charge in [0, 0.05) is 21.2 Å². The molecule has 0 aliphatic heterocycles. The molecule has 0 unspecified atom stereocenters. The molecule has 9 nitrogen and oxygen atoms in total. The zero-order valence-electron chi connectivity index (χ0n) is 18.2. The van der Waals surface area contributed by atoms with E-state index in [1.54, 1.807) is 0 Å². The van der Waals surface area contributed by atoms with Gasteiger partial charge in [0.2, 0.25) is 10.0 Å². The number of anilines is 1. The molecule has 36 heavy (non-hydrogen) atoms. The summed E-state index contributed by atoms with van der Waals surface area (Å²) in [6.45, 7) is 2.72. The minimum Gasteiger partial charge on any atom is -0.319 e. The zero-order valence-corrected chi connectivity index (χ0v) is 22.9. The summed E-state index contributed by atoms with van der Waals surface area (Å²) in [5, 5.41) is 4.78. The first-order valence-corrected chi connectivity index (χ1v) is 13.3. The number of rotatable bonds is 6. The van der Waals surface area contributed by atoms with Crippen LogP contribution in [-0.4, -0.2) is 40.2 Å². The maximum Gasteiger partial charge on any atom is 0.435 e. The number of hydrogen-bond acceptors (Lipinski definition) is 6. The molecule has 1 aromatic carbocycles. The number of aromatic nitrogens is 3. The van der Waals surface area contributed by atoms with Gasteiger partial charge in [-0.1, -0.05) is 27.5 Å². The van der Waals surface area contributed by atoms with Crippen LogP contribution in [0.2, 0.25) is 5.02 Å². The van der Waals surface area contributed by atoms with Crippen molar-refractivity contribution in [2.24, 2.45) is 0 Å². The highest BCUT2D eigenvalue weighted by Gasteiger charge is 2.37. The van der Waals surface area contributed by atoms with Gasteiger partial charge in [0.25, 0.3) is 11.8 Å². The predicted molar refractivity (Wildman–Crippen MR) is 133 cm³/mol. The van der Waals surface area contributed by atoms with Crippen molar-refractivity contribution >= 4 is 71.0 Å². The largest absolute Gasteiger partial charge is 0.435 e. The lowest BCUT2D eigenvalue weighted by atomic mass is 10.1. The average molecular weight is 674 g/mol. The maximum atomic E-state index is 13.4. The number of hydrogen-bond donors (Lipinski definition) is 2. The van der Waals surface area contributed by atoms with Crippen LogP contribution >= 0.6 is 43.5 Å². The number of alkyl halides is 3. The first-order valence-electron chi connectivity index (χ1n) is 9.76. The Morgan fingerprint density at radius 3 is 2.39 bits per heavy atom. The van der Waals surface area contributed by atoms with Crippen molar-refractivity contribution in [3.05, 3.63) is 67.4 Å². The normalized spacial score (nSPS) is 12.0. The van der Waals surface area contributed by atoms with Gasteiger partial charge >= 0.3 is 6.18 Å². The molecule has 0 radical (unpaired) electrons. The molecule has 192 valence electrons.